The zero-order valence-corrected chi connectivity index (χ0v) is 19.6. The molecule has 0 fully saturated rings. The highest BCUT2D eigenvalue weighted by molar-refractivity contribution is 7.92. The monoisotopic (exact) mass is 483 g/mol. The van der Waals surface area contributed by atoms with Crippen LogP contribution >= 0.6 is 0 Å². The van der Waals surface area contributed by atoms with E-state index in [0.717, 1.165) is 27.2 Å². The van der Waals surface area contributed by atoms with Crippen molar-refractivity contribution < 1.29 is 18.3 Å². The Kier molecular flexibility index (Phi) is 5.66. The average molecular weight is 484 g/mol. The van der Waals surface area contributed by atoms with Gasteiger partial charge in [0.15, 0.2) is 0 Å². The fourth-order valence-corrected chi connectivity index (χ4v) is 5.56. The van der Waals surface area contributed by atoms with Gasteiger partial charge in [-0.05, 0) is 54.3 Å². The van der Waals surface area contributed by atoms with Gasteiger partial charge in [0.05, 0.1) is 22.5 Å². The molecule has 0 radical (unpaired) electrons. The standard InChI is InChI=1S/C27H21N3O4S/c1-18-24-8-4-2-7-22(24)16-29-26(18)30(17-19-14-21-6-3-5-9-25(21)28-15-19)35(33,34)23-12-10-20(11-13-23)27(31)32/h2-16H,17H2,1H3,(H,31,32). The number of sulfonamides is 1. The number of carboxylic acids is 1. The van der Waals surface area contributed by atoms with Crippen LogP contribution in [0.4, 0.5) is 5.82 Å². The summed E-state index contributed by atoms with van der Waals surface area (Å²) < 4.78 is 29.0. The van der Waals surface area contributed by atoms with E-state index >= 15 is 0 Å². The number of nitrogens with zero attached hydrogens (tertiary/aromatic N) is 3. The second kappa shape index (κ2) is 8.81. The van der Waals surface area contributed by atoms with E-state index in [1.807, 2.05) is 61.5 Å². The number of anilines is 1. The van der Waals surface area contributed by atoms with Gasteiger partial charge >= 0.3 is 5.97 Å². The quantitative estimate of drug-likeness (QED) is 0.357. The molecule has 174 valence electrons. The lowest BCUT2D eigenvalue weighted by Crippen LogP contribution is -2.32. The topological polar surface area (TPSA) is 100 Å². The molecule has 0 spiro atoms. The summed E-state index contributed by atoms with van der Waals surface area (Å²) in [6.45, 7) is 1.85. The molecule has 5 rings (SSSR count). The molecule has 0 aliphatic carbocycles. The van der Waals surface area contributed by atoms with Crippen molar-refractivity contribution in [3.63, 3.8) is 0 Å². The van der Waals surface area contributed by atoms with E-state index in [1.54, 1.807) is 12.4 Å². The Morgan fingerprint density at radius 3 is 2.31 bits per heavy atom. The predicted molar refractivity (Wildman–Crippen MR) is 135 cm³/mol. The normalized spacial score (nSPS) is 11.6. The molecular formula is C27H21N3O4S. The van der Waals surface area contributed by atoms with Crippen LogP contribution in [0.2, 0.25) is 0 Å². The fourth-order valence-electron chi connectivity index (χ4n) is 4.09. The summed E-state index contributed by atoms with van der Waals surface area (Å²) in [5.74, 6) is -0.820. The lowest BCUT2D eigenvalue weighted by Gasteiger charge is -2.26. The van der Waals surface area contributed by atoms with Crippen LogP contribution in [0.15, 0.2) is 96.2 Å². The Balaban J connectivity index is 1.66. The molecule has 0 amide bonds. The molecule has 0 saturated carbocycles. The van der Waals surface area contributed by atoms with Gasteiger partial charge in [0.1, 0.15) is 5.82 Å². The first-order chi connectivity index (χ1) is 16.8. The van der Waals surface area contributed by atoms with Crippen molar-refractivity contribution in [1.29, 1.82) is 0 Å². The summed E-state index contributed by atoms with van der Waals surface area (Å²) in [5.41, 5.74) is 2.25. The van der Waals surface area contributed by atoms with Gasteiger partial charge in [0.2, 0.25) is 0 Å². The van der Waals surface area contributed by atoms with Crippen molar-refractivity contribution in [2.75, 3.05) is 4.31 Å². The fraction of sp³-hybridized carbons (Fsp3) is 0.0741. The summed E-state index contributed by atoms with van der Waals surface area (Å²) in [7, 11) is -4.09. The van der Waals surface area contributed by atoms with Crippen molar-refractivity contribution in [1.82, 2.24) is 9.97 Å². The van der Waals surface area contributed by atoms with Gasteiger partial charge in [-0.1, -0.05) is 42.5 Å². The van der Waals surface area contributed by atoms with Gasteiger partial charge < -0.3 is 5.11 Å². The van der Waals surface area contributed by atoms with Gasteiger partial charge in [-0.15, -0.1) is 0 Å². The van der Waals surface area contributed by atoms with E-state index in [2.05, 4.69) is 9.97 Å². The number of pyridine rings is 2. The highest BCUT2D eigenvalue weighted by Crippen LogP contribution is 2.31. The zero-order chi connectivity index (χ0) is 24.6. The van der Waals surface area contributed by atoms with E-state index < -0.39 is 16.0 Å². The second-order valence-corrected chi connectivity index (χ2v) is 10.0. The lowest BCUT2D eigenvalue weighted by molar-refractivity contribution is 0.0696. The number of benzene rings is 3. The molecule has 0 atom stereocenters. The van der Waals surface area contributed by atoms with Gasteiger partial charge in [-0.25, -0.2) is 22.5 Å². The number of aromatic nitrogens is 2. The third kappa shape index (κ3) is 4.20. The SMILES string of the molecule is Cc1c(N(Cc2cnc3ccccc3c2)S(=O)(=O)c2ccc(C(=O)O)cc2)ncc2ccccc12. The number of carbonyl (C=O) groups is 1. The van der Waals surface area contributed by atoms with Crippen molar-refractivity contribution in [3.8, 4) is 0 Å². The number of hydrogen-bond donors (Lipinski definition) is 1. The second-order valence-electron chi connectivity index (χ2n) is 8.17. The average Bonchev–Trinajstić information content (AvgIpc) is 2.88. The van der Waals surface area contributed by atoms with E-state index in [4.69, 9.17) is 0 Å². The third-order valence-corrected chi connectivity index (χ3v) is 7.68. The molecule has 0 aliphatic heterocycles. The number of para-hydroxylation sites is 1. The van der Waals surface area contributed by atoms with Crippen LogP contribution in [0.3, 0.4) is 0 Å². The van der Waals surface area contributed by atoms with E-state index in [1.165, 1.54) is 28.6 Å². The molecule has 2 heterocycles. The summed E-state index contributed by atoms with van der Waals surface area (Å²) in [6.07, 6.45) is 3.32. The molecule has 8 heteroatoms. The van der Waals surface area contributed by atoms with Crippen molar-refractivity contribution >= 4 is 43.5 Å². The van der Waals surface area contributed by atoms with Crippen LogP contribution in [0.25, 0.3) is 21.7 Å². The van der Waals surface area contributed by atoms with Crippen LogP contribution in [0.1, 0.15) is 21.5 Å². The van der Waals surface area contributed by atoms with Gasteiger partial charge in [-0.2, -0.15) is 0 Å². The molecule has 0 saturated heterocycles. The largest absolute Gasteiger partial charge is 0.478 e. The van der Waals surface area contributed by atoms with Gasteiger partial charge in [0, 0.05) is 28.7 Å². The van der Waals surface area contributed by atoms with Crippen LogP contribution in [-0.2, 0) is 16.6 Å². The van der Waals surface area contributed by atoms with Crippen LogP contribution in [0.5, 0.6) is 0 Å². The molecule has 7 nitrogen and oxygen atoms in total. The minimum Gasteiger partial charge on any atom is -0.478 e. The predicted octanol–water partition coefficient (Wildman–Crippen LogP) is 5.19. The minimum absolute atomic E-state index is 0.00697. The Labute approximate surface area is 202 Å². The highest BCUT2D eigenvalue weighted by atomic mass is 32.2. The first-order valence-electron chi connectivity index (χ1n) is 10.9. The first kappa shape index (κ1) is 22.5. The van der Waals surface area contributed by atoms with Crippen molar-refractivity contribution in [2.24, 2.45) is 0 Å². The van der Waals surface area contributed by atoms with Gasteiger partial charge in [-0.3, -0.25) is 4.98 Å². The van der Waals surface area contributed by atoms with Gasteiger partial charge in [0.25, 0.3) is 10.0 Å². The maximum atomic E-state index is 13.9. The molecule has 2 aromatic heterocycles. The Morgan fingerprint density at radius 1 is 0.886 bits per heavy atom. The van der Waals surface area contributed by atoms with E-state index in [9.17, 15) is 18.3 Å². The molecule has 1 N–H and O–H groups in total. The molecule has 5 aromatic rings. The molecule has 3 aromatic carbocycles. The maximum Gasteiger partial charge on any atom is 0.335 e. The summed E-state index contributed by atoms with van der Waals surface area (Å²) in [5, 5.41) is 11.9. The van der Waals surface area contributed by atoms with Crippen molar-refractivity contribution in [3.05, 3.63) is 108 Å². The number of aromatic carboxylic acids is 1. The number of carboxylic acid groups (broad SMARTS) is 1. The Bertz CT molecular complexity index is 1680. The van der Waals surface area contributed by atoms with Crippen LogP contribution in [-0.4, -0.2) is 29.5 Å². The van der Waals surface area contributed by atoms with Crippen molar-refractivity contribution in [2.45, 2.75) is 18.4 Å². The first-order valence-corrected chi connectivity index (χ1v) is 12.3. The molecular weight excluding hydrogens is 462 g/mol. The molecule has 35 heavy (non-hydrogen) atoms. The number of fused-ring (bicyclic) bond motifs is 2. The summed E-state index contributed by atoms with van der Waals surface area (Å²) in [4.78, 5) is 20.2. The van der Waals surface area contributed by atoms with Crippen LogP contribution in [0, 0.1) is 6.92 Å². The Hall–Kier alpha value is -4.30. The summed E-state index contributed by atoms with van der Waals surface area (Å²) in [6, 6.07) is 22.4. The smallest absolute Gasteiger partial charge is 0.335 e. The van der Waals surface area contributed by atoms with Crippen LogP contribution < -0.4 is 4.31 Å². The summed E-state index contributed by atoms with van der Waals surface area (Å²) >= 11 is 0. The Morgan fingerprint density at radius 2 is 1.57 bits per heavy atom. The molecule has 0 aliphatic rings. The molecule has 0 bridgehead atoms. The lowest BCUT2D eigenvalue weighted by atomic mass is 10.1. The minimum atomic E-state index is -4.09. The third-order valence-electron chi connectivity index (χ3n) is 5.92. The maximum absolute atomic E-state index is 13.9. The number of hydrogen-bond acceptors (Lipinski definition) is 5. The number of rotatable bonds is 6. The number of aryl methyl sites for hydroxylation is 1. The van der Waals surface area contributed by atoms with E-state index in [0.29, 0.717) is 11.4 Å². The molecule has 0 unspecified atom stereocenters. The highest BCUT2D eigenvalue weighted by Gasteiger charge is 2.28. The van der Waals surface area contributed by atoms with E-state index in [-0.39, 0.29) is 17.0 Å². The zero-order valence-electron chi connectivity index (χ0n) is 18.8.